The Kier molecular flexibility index (Phi) is 6.69. The summed E-state index contributed by atoms with van der Waals surface area (Å²) < 4.78 is 5.29. The van der Waals surface area contributed by atoms with E-state index < -0.39 is 6.04 Å². The van der Waals surface area contributed by atoms with E-state index in [0.29, 0.717) is 30.1 Å². The smallest absolute Gasteiger partial charge is 0.257 e. The normalized spacial score (nSPS) is 16.1. The van der Waals surface area contributed by atoms with Gasteiger partial charge in [-0.3, -0.25) is 14.5 Å². The van der Waals surface area contributed by atoms with E-state index in [1.165, 1.54) is 5.56 Å². The maximum absolute atomic E-state index is 12.8. The lowest BCUT2D eigenvalue weighted by atomic mass is 10.0. The van der Waals surface area contributed by atoms with Crippen molar-refractivity contribution in [2.75, 3.05) is 26.2 Å². The largest absolute Gasteiger partial charge is 0.360 e. The lowest BCUT2D eigenvalue weighted by Gasteiger charge is -2.36. The van der Waals surface area contributed by atoms with Gasteiger partial charge in [0.05, 0.1) is 5.69 Å². The van der Waals surface area contributed by atoms with E-state index in [-0.39, 0.29) is 17.7 Å². The van der Waals surface area contributed by atoms with Gasteiger partial charge in [-0.05, 0) is 19.4 Å². The van der Waals surface area contributed by atoms with Crippen molar-refractivity contribution in [2.45, 2.75) is 46.2 Å². The topological polar surface area (TPSA) is 78.7 Å². The molecule has 2 heterocycles. The third kappa shape index (κ3) is 5.03. The van der Waals surface area contributed by atoms with E-state index in [1.54, 1.807) is 13.8 Å². The van der Waals surface area contributed by atoms with Gasteiger partial charge in [-0.15, -0.1) is 0 Å². The summed E-state index contributed by atoms with van der Waals surface area (Å²) in [6.45, 7) is 11.2. The molecule has 0 bridgehead atoms. The Morgan fingerprint density at radius 1 is 1.10 bits per heavy atom. The number of piperazine rings is 1. The van der Waals surface area contributed by atoms with Gasteiger partial charge in [-0.2, -0.15) is 0 Å². The highest BCUT2D eigenvalue weighted by molar-refractivity contribution is 5.99. The van der Waals surface area contributed by atoms with Crippen molar-refractivity contribution in [2.24, 2.45) is 0 Å². The summed E-state index contributed by atoms with van der Waals surface area (Å²) in [6.07, 6.45) is 0. The highest BCUT2D eigenvalue weighted by atomic mass is 16.5. The van der Waals surface area contributed by atoms with Crippen LogP contribution in [-0.2, 0) is 11.3 Å². The van der Waals surface area contributed by atoms with Gasteiger partial charge in [0.2, 0.25) is 5.91 Å². The number of rotatable bonds is 6. The van der Waals surface area contributed by atoms with Crippen LogP contribution in [0, 0.1) is 6.92 Å². The predicted octanol–water partition coefficient (Wildman–Crippen LogP) is 2.57. The average molecular weight is 399 g/mol. The molecule has 1 atom stereocenters. The summed E-state index contributed by atoms with van der Waals surface area (Å²) >= 11 is 0. The molecule has 7 heteroatoms. The van der Waals surface area contributed by atoms with Gasteiger partial charge in [0.25, 0.3) is 5.91 Å². The first kappa shape index (κ1) is 21.0. The predicted molar refractivity (Wildman–Crippen MR) is 111 cm³/mol. The van der Waals surface area contributed by atoms with Gasteiger partial charge in [0.15, 0.2) is 5.76 Å². The number of nitrogens with zero attached hydrogens (tertiary/aromatic N) is 3. The van der Waals surface area contributed by atoms with Crippen LogP contribution in [0.1, 0.15) is 54.1 Å². The van der Waals surface area contributed by atoms with E-state index >= 15 is 0 Å². The molecule has 1 aromatic carbocycles. The number of nitrogens with one attached hydrogen (secondary N) is 1. The molecule has 1 aliphatic rings. The minimum atomic E-state index is -0.600. The van der Waals surface area contributed by atoms with Crippen LogP contribution in [0.25, 0.3) is 0 Å². The fourth-order valence-corrected chi connectivity index (χ4v) is 3.63. The first-order valence-electron chi connectivity index (χ1n) is 10.2. The zero-order valence-electron chi connectivity index (χ0n) is 17.6. The third-order valence-corrected chi connectivity index (χ3v) is 5.29. The second-order valence-electron chi connectivity index (χ2n) is 7.94. The van der Waals surface area contributed by atoms with Gasteiger partial charge in [0, 0.05) is 38.6 Å². The molecule has 2 aromatic rings. The van der Waals surface area contributed by atoms with E-state index in [9.17, 15) is 9.59 Å². The zero-order chi connectivity index (χ0) is 21.0. The first-order chi connectivity index (χ1) is 13.9. The Morgan fingerprint density at radius 3 is 2.38 bits per heavy atom. The van der Waals surface area contributed by atoms with E-state index in [2.05, 4.69) is 27.5 Å². The number of hydrogen-bond donors (Lipinski definition) is 1. The van der Waals surface area contributed by atoms with Crippen molar-refractivity contribution < 1.29 is 14.1 Å². The Balaban J connectivity index is 1.53. The molecule has 0 aliphatic carbocycles. The van der Waals surface area contributed by atoms with Gasteiger partial charge in [-0.25, -0.2) is 0 Å². The maximum Gasteiger partial charge on any atom is 0.257 e. The van der Waals surface area contributed by atoms with Crippen LogP contribution in [0.5, 0.6) is 0 Å². The lowest BCUT2D eigenvalue weighted by Crippen LogP contribution is -2.54. The fraction of sp³-hybridized carbons (Fsp3) is 0.500. The van der Waals surface area contributed by atoms with Crippen molar-refractivity contribution in [1.29, 1.82) is 0 Å². The number of carbonyl (C=O) groups is 2. The third-order valence-electron chi connectivity index (χ3n) is 5.29. The van der Waals surface area contributed by atoms with Gasteiger partial charge in [0.1, 0.15) is 11.6 Å². The molecule has 156 valence electrons. The highest BCUT2D eigenvalue weighted by Crippen LogP contribution is 2.22. The molecule has 1 aromatic heterocycles. The SMILES string of the molecule is Cc1noc(C(C)C)c1C(=O)NC(C)C(=O)N1CCN(Cc2ccccc2)CC1. The number of benzene rings is 1. The highest BCUT2D eigenvalue weighted by Gasteiger charge is 2.29. The molecular weight excluding hydrogens is 368 g/mol. The number of amides is 2. The van der Waals surface area contributed by atoms with Crippen LogP contribution >= 0.6 is 0 Å². The van der Waals surface area contributed by atoms with Crippen LogP contribution in [0.2, 0.25) is 0 Å². The molecule has 0 radical (unpaired) electrons. The van der Waals surface area contributed by atoms with Crippen molar-refractivity contribution in [3.05, 3.63) is 52.9 Å². The van der Waals surface area contributed by atoms with Crippen LogP contribution in [-0.4, -0.2) is 59.0 Å². The van der Waals surface area contributed by atoms with E-state index in [1.807, 2.05) is 36.9 Å². The standard InChI is InChI=1S/C22H30N4O3/c1-15(2)20-19(16(3)24-29-20)21(27)23-17(4)22(28)26-12-10-25(11-13-26)14-18-8-6-5-7-9-18/h5-9,15,17H,10-14H2,1-4H3,(H,23,27). The molecular formula is C22H30N4O3. The number of aryl methyl sites for hydroxylation is 1. The summed E-state index contributed by atoms with van der Waals surface area (Å²) in [4.78, 5) is 29.7. The second kappa shape index (κ2) is 9.22. The zero-order valence-corrected chi connectivity index (χ0v) is 17.6. The Hall–Kier alpha value is -2.67. The summed E-state index contributed by atoms with van der Waals surface area (Å²) in [5.74, 6) is 0.226. The van der Waals surface area contributed by atoms with E-state index in [4.69, 9.17) is 4.52 Å². The molecule has 3 rings (SSSR count). The Bertz CT molecular complexity index is 839. The van der Waals surface area contributed by atoms with Crippen LogP contribution < -0.4 is 5.32 Å². The molecule has 1 aliphatic heterocycles. The van der Waals surface area contributed by atoms with Crippen LogP contribution in [0.15, 0.2) is 34.9 Å². The van der Waals surface area contributed by atoms with Crippen molar-refractivity contribution in [3.63, 3.8) is 0 Å². The van der Waals surface area contributed by atoms with Gasteiger partial charge < -0.3 is 14.7 Å². The lowest BCUT2D eigenvalue weighted by molar-refractivity contribution is -0.134. The summed E-state index contributed by atoms with van der Waals surface area (Å²) in [7, 11) is 0. The van der Waals surface area contributed by atoms with Crippen LogP contribution in [0.4, 0.5) is 0 Å². The Labute approximate surface area is 172 Å². The average Bonchev–Trinajstić information content (AvgIpc) is 3.10. The summed E-state index contributed by atoms with van der Waals surface area (Å²) in [6, 6.07) is 9.74. The molecule has 1 unspecified atom stereocenters. The molecule has 1 fully saturated rings. The van der Waals surface area contributed by atoms with Gasteiger partial charge >= 0.3 is 0 Å². The molecule has 2 amide bonds. The quantitative estimate of drug-likeness (QED) is 0.809. The number of carbonyl (C=O) groups excluding carboxylic acids is 2. The molecule has 29 heavy (non-hydrogen) atoms. The molecule has 1 saturated heterocycles. The molecule has 0 spiro atoms. The number of hydrogen-bond acceptors (Lipinski definition) is 5. The minimum Gasteiger partial charge on any atom is -0.360 e. The molecule has 1 N–H and O–H groups in total. The Morgan fingerprint density at radius 2 is 1.76 bits per heavy atom. The van der Waals surface area contributed by atoms with Crippen LogP contribution in [0.3, 0.4) is 0 Å². The van der Waals surface area contributed by atoms with Gasteiger partial charge in [-0.1, -0.05) is 49.3 Å². The summed E-state index contributed by atoms with van der Waals surface area (Å²) in [5.41, 5.74) is 2.26. The molecule has 0 saturated carbocycles. The maximum atomic E-state index is 12.8. The first-order valence-corrected chi connectivity index (χ1v) is 10.2. The second-order valence-corrected chi connectivity index (χ2v) is 7.94. The number of aromatic nitrogens is 1. The van der Waals surface area contributed by atoms with Crippen molar-refractivity contribution >= 4 is 11.8 Å². The van der Waals surface area contributed by atoms with Crippen molar-refractivity contribution in [1.82, 2.24) is 20.3 Å². The van der Waals surface area contributed by atoms with Crippen molar-refractivity contribution in [3.8, 4) is 0 Å². The van der Waals surface area contributed by atoms with E-state index in [0.717, 1.165) is 19.6 Å². The minimum absolute atomic E-state index is 0.0423. The summed E-state index contributed by atoms with van der Waals surface area (Å²) in [5, 5.41) is 6.73. The fourth-order valence-electron chi connectivity index (χ4n) is 3.63. The molecule has 7 nitrogen and oxygen atoms in total. The monoisotopic (exact) mass is 398 g/mol.